The molecule has 1 rings (SSSR count). The molecule has 1 unspecified atom stereocenters. The lowest BCUT2D eigenvalue weighted by molar-refractivity contribution is -0.384. The van der Waals surface area contributed by atoms with Gasteiger partial charge < -0.3 is 15.2 Å². The molecule has 0 heterocycles. The summed E-state index contributed by atoms with van der Waals surface area (Å²) in [6, 6.07) is 6.01. The van der Waals surface area contributed by atoms with Crippen LogP contribution in [0.5, 0.6) is 0 Å². The van der Waals surface area contributed by atoms with Crippen LogP contribution in [0.2, 0.25) is 0 Å². The number of rotatable bonds is 6. The number of esters is 1. The van der Waals surface area contributed by atoms with Gasteiger partial charge in [-0.25, -0.2) is 4.79 Å². The number of aliphatic hydroxyl groups is 1. The fraction of sp³-hybridized carbons (Fsp3) is 0.417. The summed E-state index contributed by atoms with van der Waals surface area (Å²) in [6.07, 6.45) is 0. The standard InChI is InChI=1S/C12H16N2O5/c1-12(16,11(15)19-2)8-13-7-9-3-5-10(6-4-9)14(17)18/h3-6,13,16H,7-8H2,1-2H3. The van der Waals surface area contributed by atoms with Crippen molar-refractivity contribution >= 4 is 11.7 Å². The number of nitrogens with one attached hydrogen (secondary N) is 1. The van der Waals surface area contributed by atoms with E-state index < -0.39 is 16.5 Å². The van der Waals surface area contributed by atoms with E-state index in [9.17, 15) is 20.0 Å². The largest absolute Gasteiger partial charge is 0.467 e. The second-order valence-corrected chi connectivity index (χ2v) is 4.29. The van der Waals surface area contributed by atoms with Gasteiger partial charge in [0.05, 0.1) is 12.0 Å². The van der Waals surface area contributed by atoms with Gasteiger partial charge in [0.1, 0.15) is 0 Å². The number of nitro groups is 1. The summed E-state index contributed by atoms with van der Waals surface area (Å²) in [5.74, 6) is -0.719. The highest BCUT2D eigenvalue weighted by molar-refractivity contribution is 5.78. The molecule has 0 aliphatic carbocycles. The minimum Gasteiger partial charge on any atom is -0.467 e. The number of hydrogen-bond acceptors (Lipinski definition) is 6. The highest BCUT2D eigenvalue weighted by Crippen LogP contribution is 2.12. The van der Waals surface area contributed by atoms with E-state index in [1.807, 2.05) is 0 Å². The predicted octanol–water partition coefficient (Wildman–Crippen LogP) is 0.608. The molecule has 0 fully saturated rings. The van der Waals surface area contributed by atoms with E-state index in [4.69, 9.17) is 0 Å². The zero-order chi connectivity index (χ0) is 14.5. The van der Waals surface area contributed by atoms with Gasteiger partial charge in [-0.05, 0) is 12.5 Å². The zero-order valence-corrected chi connectivity index (χ0v) is 10.8. The van der Waals surface area contributed by atoms with E-state index in [0.717, 1.165) is 5.56 Å². The highest BCUT2D eigenvalue weighted by atomic mass is 16.6. The van der Waals surface area contributed by atoms with Crippen molar-refractivity contribution < 1.29 is 19.6 Å². The lowest BCUT2D eigenvalue weighted by Gasteiger charge is -2.20. The predicted molar refractivity (Wildman–Crippen MR) is 67.4 cm³/mol. The second-order valence-electron chi connectivity index (χ2n) is 4.29. The first-order chi connectivity index (χ1) is 8.86. The Kier molecular flexibility index (Phi) is 4.96. The van der Waals surface area contributed by atoms with Crippen LogP contribution in [0.4, 0.5) is 5.69 Å². The molecule has 0 saturated carbocycles. The Morgan fingerprint density at radius 1 is 1.47 bits per heavy atom. The van der Waals surface area contributed by atoms with Crippen molar-refractivity contribution in [1.29, 1.82) is 0 Å². The summed E-state index contributed by atoms with van der Waals surface area (Å²) in [7, 11) is 1.20. The van der Waals surface area contributed by atoms with Gasteiger partial charge in [-0.15, -0.1) is 0 Å². The first-order valence-corrected chi connectivity index (χ1v) is 5.61. The van der Waals surface area contributed by atoms with Crippen LogP contribution < -0.4 is 5.32 Å². The topological polar surface area (TPSA) is 102 Å². The van der Waals surface area contributed by atoms with Gasteiger partial charge in [0.15, 0.2) is 5.60 Å². The summed E-state index contributed by atoms with van der Waals surface area (Å²) in [5.41, 5.74) is -0.771. The summed E-state index contributed by atoms with van der Waals surface area (Å²) in [6.45, 7) is 1.75. The number of non-ortho nitro benzene ring substituents is 1. The van der Waals surface area contributed by atoms with Crippen molar-refractivity contribution in [2.24, 2.45) is 0 Å². The number of hydrogen-bond donors (Lipinski definition) is 2. The van der Waals surface area contributed by atoms with Crippen molar-refractivity contribution in [3.05, 3.63) is 39.9 Å². The van der Waals surface area contributed by atoms with Crippen molar-refractivity contribution in [2.75, 3.05) is 13.7 Å². The molecule has 0 bridgehead atoms. The van der Waals surface area contributed by atoms with Crippen LogP contribution in [0.3, 0.4) is 0 Å². The van der Waals surface area contributed by atoms with Crippen molar-refractivity contribution in [3.63, 3.8) is 0 Å². The Bertz CT molecular complexity index is 456. The summed E-state index contributed by atoms with van der Waals surface area (Å²) in [4.78, 5) is 21.2. The van der Waals surface area contributed by atoms with Crippen molar-refractivity contribution in [2.45, 2.75) is 19.1 Å². The molecule has 7 heteroatoms. The van der Waals surface area contributed by atoms with Gasteiger partial charge in [-0.2, -0.15) is 0 Å². The van der Waals surface area contributed by atoms with Crippen LogP contribution in [0.15, 0.2) is 24.3 Å². The lowest BCUT2D eigenvalue weighted by atomic mass is 10.1. The van der Waals surface area contributed by atoms with E-state index in [-0.39, 0.29) is 12.2 Å². The maximum Gasteiger partial charge on any atom is 0.338 e. The van der Waals surface area contributed by atoms with Gasteiger partial charge in [0.25, 0.3) is 5.69 Å². The minimum absolute atomic E-state index is 0.0188. The SMILES string of the molecule is COC(=O)C(C)(O)CNCc1ccc([N+](=O)[O-])cc1. The van der Waals surface area contributed by atoms with Gasteiger partial charge >= 0.3 is 5.97 Å². The molecule has 7 nitrogen and oxygen atoms in total. The van der Waals surface area contributed by atoms with Crippen LogP contribution in [0.25, 0.3) is 0 Å². The molecular weight excluding hydrogens is 252 g/mol. The first-order valence-electron chi connectivity index (χ1n) is 5.61. The number of nitro benzene ring substituents is 1. The number of nitrogens with zero attached hydrogens (tertiary/aromatic N) is 1. The monoisotopic (exact) mass is 268 g/mol. The van der Waals surface area contributed by atoms with E-state index in [0.29, 0.717) is 6.54 Å². The van der Waals surface area contributed by atoms with Crippen molar-refractivity contribution in [1.82, 2.24) is 5.32 Å². The maximum absolute atomic E-state index is 11.2. The lowest BCUT2D eigenvalue weighted by Crippen LogP contribution is -2.45. The zero-order valence-electron chi connectivity index (χ0n) is 10.8. The Morgan fingerprint density at radius 3 is 2.53 bits per heavy atom. The molecule has 1 aromatic rings. The molecule has 1 atom stereocenters. The summed E-state index contributed by atoms with van der Waals surface area (Å²) < 4.78 is 4.46. The number of benzene rings is 1. The van der Waals surface area contributed by atoms with E-state index >= 15 is 0 Å². The fourth-order valence-electron chi connectivity index (χ4n) is 1.48. The second kappa shape index (κ2) is 6.26. The molecule has 2 N–H and O–H groups in total. The third-order valence-electron chi connectivity index (χ3n) is 2.57. The van der Waals surface area contributed by atoms with E-state index in [1.165, 1.54) is 26.2 Å². The average Bonchev–Trinajstić information content (AvgIpc) is 2.38. The molecule has 0 aliphatic rings. The van der Waals surface area contributed by atoms with Crippen LogP contribution >= 0.6 is 0 Å². The number of carbonyl (C=O) groups is 1. The Balaban J connectivity index is 2.49. The number of ether oxygens (including phenoxy) is 1. The average molecular weight is 268 g/mol. The molecule has 0 aliphatic heterocycles. The minimum atomic E-state index is -1.60. The summed E-state index contributed by atoms with van der Waals surface area (Å²) >= 11 is 0. The van der Waals surface area contributed by atoms with E-state index in [1.54, 1.807) is 12.1 Å². The summed E-state index contributed by atoms with van der Waals surface area (Å²) in [5, 5.41) is 23.1. The highest BCUT2D eigenvalue weighted by Gasteiger charge is 2.30. The third kappa shape index (κ3) is 4.31. The van der Waals surface area contributed by atoms with Crippen LogP contribution in [0.1, 0.15) is 12.5 Å². The maximum atomic E-state index is 11.2. The smallest absolute Gasteiger partial charge is 0.338 e. The third-order valence-corrected chi connectivity index (χ3v) is 2.57. The van der Waals surface area contributed by atoms with Gasteiger partial charge in [0.2, 0.25) is 0 Å². The molecule has 0 saturated heterocycles. The van der Waals surface area contributed by atoms with Gasteiger partial charge in [-0.3, -0.25) is 10.1 Å². The Morgan fingerprint density at radius 2 is 2.05 bits per heavy atom. The molecule has 19 heavy (non-hydrogen) atoms. The van der Waals surface area contributed by atoms with Gasteiger partial charge in [0, 0.05) is 25.2 Å². The molecule has 0 spiro atoms. The van der Waals surface area contributed by atoms with Crippen LogP contribution in [-0.2, 0) is 16.1 Å². The number of methoxy groups -OCH3 is 1. The molecule has 0 amide bonds. The Labute approximate surface area is 110 Å². The van der Waals surface area contributed by atoms with E-state index in [2.05, 4.69) is 10.1 Å². The normalized spacial score (nSPS) is 13.6. The van der Waals surface area contributed by atoms with Crippen LogP contribution in [-0.4, -0.2) is 35.3 Å². The molecule has 0 aromatic heterocycles. The fourth-order valence-corrected chi connectivity index (χ4v) is 1.48. The molecule has 104 valence electrons. The van der Waals surface area contributed by atoms with Crippen molar-refractivity contribution in [3.8, 4) is 0 Å². The molecule has 0 radical (unpaired) electrons. The van der Waals surface area contributed by atoms with Crippen LogP contribution in [0, 0.1) is 10.1 Å². The number of carbonyl (C=O) groups excluding carboxylic acids is 1. The van der Waals surface area contributed by atoms with Gasteiger partial charge in [-0.1, -0.05) is 12.1 Å². The molecule has 1 aromatic carbocycles. The first kappa shape index (κ1) is 15.1. The quantitative estimate of drug-likeness (QED) is 0.445. The molecular formula is C12H16N2O5. The Hall–Kier alpha value is -1.99.